The van der Waals surface area contributed by atoms with Gasteiger partial charge in [-0.15, -0.1) is 11.8 Å². The number of carbonyl (C=O) groups excluding carboxylic acids is 1. The van der Waals surface area contributed by atoms with Gasteiger partial charge in [0.2, 0.25) is 5.91 Å². The van der Waals surface area contributed by atoms with Crippen LogP contribution >= 0.6 is 11.8 Å². The Morgan fingerprint density at radius 2 is 1.84 bits per heavy atom. The summed E-state index contributed by atoms with van der Waals surface area (Å²) in [6.45, 7) is 4.47. The summed E-state index contributed by atoms with van der Waals surface area (Å²) in [5, 5.41) is 6.02. The normalized spacial score (nSPS) is 11.5. The number of benzene rings is 3. The minimum absolute atomic E-state index is 0.447. The lowest BCUT2D eigenvalue weighted by Crippen LogP contribution is -2.12. The van der Waals surface area contributed by atoms with Gasteiger partial charge in [-0.3, -0.25) is 4.79 Å². The predicted octanol–water partition coefficient (Wildman–Crippen LogP) is 5.94. The Morgan fingerprint density at radius 3 is 2.50 bits per heavy atom. The summed E-state index contributed by atoms with van der Waals surface area (Å²) >= 11 is 1.68. The second-order valence-corrected chi connectivity index (χ2v) is 8.82. The molecular weight excluding hydrogens is 418 g/mol. The minimum Gasteiger partial charge on any atom is -0.366 e. The van der Waals surface area contributed by atoms with Crippen LogP contribution in [-0.4, -0.2) is 21.9 Å². The molecule has 0 atom stereocenters. The van der Waals surface area contributed by atoms with Gasteiger partial charge < -0.3 is 14.8 Å². The summed E-state index contributed by atoms with van der Waals surface area (Å²) in [7, 11) is 0. The van der Waals surface area contributed by atoms with Gasteiger partial charge in [0.25, 0.3) is 0 Å². The average Bonchev–Trinajstić information content (AvgIpc) is 3.29. The molecule has 3 aromatic carbocycles. The van der Waals surface area contributed by atoms with Crippen LogP contribution in [0, 0.1) is 13.8 Å². The van der Waals surface area contributed by atoms with Crippen molar-refractivity contribution in [3.05, 3.63) is 83.2 Å². The van der Waals surface area contributed by atoms with Gasteiger partial charge in [0.15, 0.2) is 0 Å². The second kappa shape index (κ2) is 7.88. The van der Waals surface area contributed by atoms with E-state index < -0.39 is 5.91 Å². The average molecular weight is 442 g/mol. The Bertz CT molecular complexity index is 1460. The Labute approximate surface area is 190 Å². The highest BCUT2D eigenvalue weighted by Crippen LogP contribution is 2.38. The number of fused-ring (bicyclic) bond motifs is 3. The molecule has 6 heteroatoms. The van der Waals surface area contributed by atoms with E-state index >= 15 is 0 Å². The topological polar surface area (TPSA) is 74.1 Å². The molecule has 5 aromatic rings. The zero-order valence-corrected chi connectivity index (χ0v) is 19.0. The molecular formula is C26H23N3O2S. The summed E-state index contributed by atoms with van der Waals surface area (Å²) < 4.78 is 7.66. The van der Waals surface area contributed by atoms with E-state index in [4.69, 9.17) is 10.3 Å². The third-order valence-electron chi connectivity index (χ3n) is 5.94. The molecule has 160 valence electrons. The molecule has 2 aromatic heterocycles. The van der Waals surface area contributed by atoms with Crippen molar-refractivity contribution in [3.63, 3.8) is 0 Å². The first-order valence-electron chi connectivity index (χ1n) is 10.4. The predicted molar refractivity (Wildman–Crippen MR) is 130 cm³/mol. The molecule has 0 aliphatic carbocycles. The lowest BCUT2D eigenvalue weighted by Gasteiger charge is -2.10. The second-order valence-electron chi connectivity index (χ2n) is 7.94. The third kappa shape index (κ3) is 3.28. The summed E-state index contributed by atoms with van der Waals surface area (Å²) in [5.41, 5.74) is 12.2. The van der Waals surface area contributed by atoms with E-state index in [1.54, 1.807) is 11.8 Å². The van der Waals surface area contributed by atoms with Crippen LogP contribution in [-0.2, 0) is 6.54 Å². The molecule has 0 aliphatic rings. The highest BCUT2D eigenvalue weighted by Gasteiger charge is 2.21. The van der Waals surface area contributed by atoms with Crippen LogP contribution in [0.15, 0.2) is 70.1 Å². The van der Waals surface area contributed by atoms with Crippen molar-refractivity contribution in [2.45, 2.75) is 25.3 Å². The quantitative estimate of drug-likeness (QED) is 0.343. The molecule has 0 bridgehead atoms. The largest absolute Gasteiger partial charge is 0.366 e. The number of aromatic nitrogens is 2. The number of thioether (sulfide) groups is 1. The fourth-order valence-corrected chi connectivity index (χ4v) is 4.94. The Morgan fingerprint density at radius 1 is 1.06 bits per heavy atom. The minimum atomic E-state index is -0.447. The molecule has 2 heterocycles. The van der Waals surface area contributed by atoms with Gasteiger partial charge in [-0.2, -0.15) is 0 Å². The van der Waals surface area contributed by atoms with E-state index in [2.05, 4.69) is 52.4 Å². The van der Waals surface area contributed by atoms with Crippen molar-refractivity contribution in [3.8, 4) is 11.1 Å². The lowest BCUT2D eigenvalue weighted by atomic mass is 9.97. The highest BCUT2D eigenvalue weighted by atomic mass is 32.2. The van der Waals surface area contributed by atoms with E-state index in [1.807, 2.05) is 38.1 Å². The van der Waals surface area contributed by atoms with Gasteiger partial charge in [-0.1, -0.05) is 35.5 Å². The van der Waals surface area contributed by atoms with E-state index in [9.17, 15) is 4.79 Å². The molecule has 0 saturated carbocycles. The number of hydrogen-bond acceptors (Lipinski definition) is 4. The molecule has 5 rings (SSSR count). The maximum atomic E-state index is 12.6. The van der Waals surface area contributed by atoms with E-state index in [0.717, 1.165) is 43.5 Å². The molecule has 2 N–H and O–H groups in total. The maximum Gasteiger partial charge on any atom is 0.249 e. The van der Waals surface area contributed by atoms with E-state index in [0.29, 0.717) is 17.9 Å². The van der Waals surface area contributed by atoms with Crippen molar-refractivity contribution >= 4 is 39.5 Å². The number of hydrogen-bond donors (Lipinski definition) is 1. The monoisotopic (exact) mass is 441 g/mol. The van der Waals surface area contributed by atoms with Gasteiger partial charge in [0.05, 0.1) is 11.2 Å². The molecule has 1 amide bonds. The van der Waals surface area contributed by atoms with Crippen molar-refractivity contribution in [2.75, 3.05) is 6.26 Å². The van der Waals surface area contributed by atoms with Gasteiger partial charge in [0.1, 0.15) is 5.76 Å². The molecule has 5 nitrogen and oxygen atoms in total. The smallest absolute Gasteiger partial charge is 0.249 e. The van der Waals surface area contributed by atoms with Crippen molar-refractivity contribution < 1.29 is 9.32 Å². The molecule has 0 saturated heterocycles. The van der Waals surface area contributed by atoms with E-state index in [1.165, 1.54) is 5.56 Å². The molecule has 0 unspecified atom stereocenters. The zero-order valence-electron chi connectivity index (χ0n) is 18.2. The standard InChI is InChI=1S/C26H23N3O2S/c1-15-24(16(2)31-28-15)18-11-21(26(27)30)25-20-13-19(32-3)9-10-22(20)29(23(25)12-18)14-17-7-5-4-6-8-17/h4-13H,14H2,1-3H3,(H2,27,30). The van der Waals surface area contributed by atoms with Crippen molar-refractivity contribution in [1.29, 1.82) is 0 Å². The number of aryl methyl sites for hydroxylation is 2. The Kier molecular flexibility index (Phi) is 5.02. The van der Waals surface area contributed by atoms with Gasteiger partial charge in [-0.25, -0.2) is 0 Å². The first-order chi connectivity index (χ1) is 15.5. The number of nitrogens with zero attached hydrogens (tertiary/aromatic N) is 2. The number of amides is 1. The zero-order chi connectivity index (χ0) is 22.4. The SMILES string of the molecule is CSc1ccc2c(c1)c1c(C(N)=O)cc(-c3c(C)noc3C)cc1n2Cc1ccccc1. The number of rotatable bonds is 5. The fourth-order valence-electron chi connectivity index (χ4n) is 4.50. The highest BCUT2D eigenvalue weighted by molar-refractivity contribution is 7.98. The van der Waals surface area contributed by atoms with Crippen LogP contribution in [0.4, 0.5) is 0 Å². The summed E-state index contributed by atoms with van der Waals surface area (Å²) in [4.78, 5) is 13.8. The summed E-state index contributed by atoms with van der Waals surface area (Å²) in [6, 6.07) is 20.7. The maximum absolute atomic E-state index is 12.6. The third-order valence-corrected chi connectivity index (χ3v) is 6.67. The summed E-state index contributed by atoms with van der Waals surface area (Å²) in [5.74, 6) is 0.268. The van der Waals surface area contributed by atoms with Crippen LogP contribution in [0.25, 0.3) is 32.9 Å². The van der Waals surface area contributed by atoms with Crippen LogP contribution in [0.1, 0.15) is 27.4 Å². The summed E-state index contributed by atoms with van der Waals surface area (Å²) in [6.07, 6.45) is 2.05. The molecule has 0 fully saturated rings. The van der Waals surface area contributed by atoms with Crippen LogP contribution in [0.2, 0.25) is 0 Å². The van der Waals surface area contributed by atoms with Gasteiger partial charge in [-0.05, 0) is 61.6 Å². The number of primary amides is 1. The molecule has 32 heavy (non-hydrogen) atoms. The first-order valence-corrected chi connectivity index (χ1v) is 11.6. The van der Waals surface area contributed by atoms with Gasteiger partial charge in [0, 0.05) is 38.9 Å². The van der Waals surface area contributed by atoms with Crippen molar-refractivity contribution in [2.24, 2.45) is 5.73 Å². The Hall–Kier alpha value is -3.51. The fraction of sp³-hybridized carbons (Fsp3) is 0.154. The molecule has 0 spiro atoms. The number of carbonyl (C=O) groups is 1. The van der Waals surface area contributed by atoms with Gasteiger partial charge >= 0.3 is 0 Å². The van der Waals surface area contributed by atoms with Crippen LogP contribution in [0.3, 0.4) is 0 Å². The number of nitrogens with two attached hydrogens (primary N) is 1. The van der Waals surface area contributed by atoms with Crippen molar-refractivity contribution in [1.82, 2.24) is 9.72 Å². The Balaban J connectivity index is 1.90. The van der Waals surface area contributed by atoms with E-state index in [-0.39, 0.29) is 0 Å². The van der Waals surface area contributed by atoms with Crippen LogP contribution < -0.4 is 5.73 Å². The lowest BCUT2D eigenvalue weighted by molar-refractivity contribution is 0.100. The first kappa shape index (κ1) is 20.4. The molecule has 0 radical (unpaired) electrons. The molecule has 0 aliphatic heterocycles. The van der Waals surface area contributed by atoms with Crippen LogP contribution in [0.5, 0.6) is 0 Å².